The summed E-state index contributed by atoms with van der Waals surface area (Å²) in [4.78, 5) is 12.3. The second-order valence-electron chi connectivity index (χ2n) is 5.16. The van der Waals surface area contributed by atoms with Gasteiger partial charge in [-0.05, 0) is 44.0 Å². The summed E-state index contributed by atoms with van der Waals surface area (Å²) in [6, 6.07) is 13.0. The molecule has 2 aromatic carbocycles. The van der Waals surface area contributed by atoms with Crippen LogP contribution in [-0.4, -0.2) is 19.1 Å². The minimum atomic E-state index is -0.0930. The van der Waals surface area contributed by atoms with Crippen molar-refractivity contribution in [1.29, 1.82) is 0 Å². The van der Waals surface area contributed by atoms with Crippen molar-refractivity contribution >= 4 is 23.2 Å². The fourth-order valence-corrected chi connectivity index (χ4v) is 2.54. The van der Waals surface area contributed by atoms with Gasteiger partial charge < -0.3 is 14.8 Å². The Morgan fingerprint density at radius 2 is 1.83 bits per heavy atom. The summed E-state index contributed by atoms with van der Waals surface area (Å²) < 4.78 is 11.0. The first-order valence-corrected chi connectivity index (χ1v) is 8.44. The average molecular weight is 348 g/mol. The summed E-state index contributed by atoms with van der Waals surface area (Å²) in [5.74, 6) is 1.24. The molecular weight excluding hydrogens is 326 g/mol. The van der Waals surface area contributed by atoms with Gasteiger partial charge in [0.1, 0.15) is 11.5 Å². The molecule has 0 atom stereocenters. The lowest BCUT2D eigenvalue weighted by atomic mass is 10.1. The lowest BCUT2D eigenvalue weighted by Crippen LogP contribution is -2.13. The number of halogens is 1. The lowest BCUT2D eigenvalue weighted by Gasteiger charge is -2.13. The molecule has 0 bridgehead atoms. The number of hydrogen-bond acceptors (Lipinski definition) is 3. The number of benzene rings is 2. The first-order valence-electron chi connectivity index (χ1n) is 8.07. The van der Waals surface area contributed by atoms with Crippen LogP contribution in [0.4, 0.5) is 5.69 Å². The Labute approximate surface area is 147 Å². The standard InChI is InChI=1S/C19H22ClNO3/c1-3-23-15-10-11-18(24-4-2)17(13-15)21-19(22)12-9-14-7-5-6-8-16(14)20/h5-8,10-11,13H,3-4,9,12H2,1-2H3,(H,21,22). The second-order valence-corrected chi connectivity index (χ2v) is 5.57. The van der Waals surface area contributed by atoms with Crippen LogP contribution in [0.15, 0.2) is 42.5 Å². The van der Waals surface area contributed by atoms with Crippen molar-refractivity contribution in [2.45, 2.75) is 26.7 Å². The number of carbonyl (C=O) groups excluding carboxylic acids is 1. The van der Waals surface area contributed by atoms with Crippen LogP contribution in [0.2, 0.25) is 5.02 Å². The van der Waals surface area contributed by atoms with Crippen molar-refractivity contribution in [2.24, 2.45) is 0 Å². The van der Waals surface area contributed by atoms with Crippen LogP contribution in [0, 0.1) is 0 Å². The van der Waals surface area contributed by atoms with Crippen LogP contribution < -0.4 is 14.8 Å². The van der Waals surface area contributed by atoms with E-state index in [0.717, 1.165) is 5.56 Å². The molecule has 4 nitrogen and oxygen atoms in total. The van der Waals surface area contributed by atoms with E-state index < -0.39 is 0 Å². The average Bonchev–Trinajstić information content (AvgIpc) is 2.57. The minimum Gasteiger partial charge on any atom is -0.494 e. The highest BCUT2D eigenvalue weighted by molar-refractivity contribution is 6.31. The molecule has 1 N–H and O–H groups in total. The highest BCUT2D eigenvalue weighted by atomic mass is 35.5. The molecule has 0 saturated carbocycles. The van der Waals surface area contributed by atoms with E-state index in [1.807, 2.05) is 44.2 Å². The number of anilines is 1. The van der Waals surface area contributed by atoms with Gasteiger partial charge in [0.15, 0.2) is 0 Å². The molecule has 0 aliphatic heterocycles. The molecule has 128 valence electrons. The van der Waals surface area contributed by atoms with E-state index in [9.17, 15) is 4.79 Å². The highest BCUT2D eigenvalue weighted by Gasteiger charge is 2.11. The highest BCUT2D eigenvalue weighted by Crippen LogP contribution is 2.29. The van der Waals surface area contributed by atoms with Gasteiger partial charge in [-0.3, -0.25) is 4.79 Å². The van der Waals surface area contributed by atoms with Gasteiger partial charge in [-0.2, -0.15) is 0 Å². The third-order valence-electron chi connectivity index (χ3n) is 3.42. The summed E-state index contributed by atoms with van der Waals surface area (Å²) in [6.45, 7) is 4.90. The summed E-state index contributed by atoms with van der Waals surface area (Å²) in [7, 11) is 0. The molecule has 24 heavy (non-hydrogen) atoms. The zero-order valence-electron chi connectivity index (χ0n) is 14.0. The topological polar surface area (TPSA) is 47.6 Å². The fourth-order valence-electron chi connectivity index (χ4n) is 2.31. The second kappa shape index (κ2) is 9.18. The Morgan fingerprint density at radius 3 is 2.54 bits per heavy atom. The number of aryl methyl sites for hydroxylation is 1. The van der Waals surface area contributed by atoms with E-state index in [4.69, 9.17) is 21.1 Å². The molecular formula is C19H22ClNO3. The number of amides is 1. The quantitative estimate of drug-likeness (QED) is 0.752. The number of ether oxygens (including phenoxy) is 2. The van der Waals surface area contributed by atoms with Gasteiger partial charge in [-0.25, -0.2) is 0 Å². The maximum atomic E-state index is 12.3. The van der Waals surface area contributed by atoms with E-state index in [0.29, 0.717) is 48.3 Å². The predicted molar refractivity (Wildman–Crippen MR) is 97.2 cm³/mol. The van der Waals surface area contributed by atoms with Crippen LogP contribution in [0.5, 0.6) is 11.5 Å². The van der Waals surface area contributed by atoms with E-state index in [1.165, 1.54) is 0 Å². The Hall–Kier alpha value is -2.20. The van der Waals surface area contributed by atoms with Gasteiger partial charge in [0.2, 0.25) is 5.91 Å². The zero-order valence-corrected chi connectivity index (χ0v) is 14.7. The third kappa shape index (κ3) is 5.17. The van der Waals surface area contributed by atoms with Gasteiger partial charge in [-0.15, -0.1) is 0 Å². The maximum absolute atomic E-state index is 12.3. The number of rotatable bonds is 8. The summed E-state index contributed by atoms with van der Waals surface area (Å²) >= 11 is 6.12. The molecule has 0 aliphatic carbocycles. The van der Waals surface area contributed by atoms with E-state index in [-0.39, 0.29) is 5.91 Å². The maximum Gasteiger partial charge on any atom is 0.224 e. The van der Waals surface area contributed by atoms with Gasteiger partial charge >= 0.3 is 0 Å². The molecule has 0 fully saturated rings. The fraction of sp³-hybridized carbons (Fsp3) is 0.316. The van der Waals surface area contributed by atoms with Gasteiger partial charge in [0.05, 0.1) is 18.9 Å². The Bertz CT molecular complexity index is 688. The number of hydrogen-bond donors (Lipinski definition) is 1. The molecule has 0 saturated heterocycles. The lowest BCUT2D eigenvalue weighted by molar-refractivity contribution is -0.116. The van der Waals surface area contributed by atoms with E-state index in [2.05, 4.69) is 5.32 Å². The van der Waals surface area contributed by atoms with Gasteiger partial charge in [-0.1, -0.05) is 29.8 Å². The first kappa shape index (κ1) is 18.1. The SMILES string of the molecule is CCOc1ccc(OCC)c(NC(=O)CCc2ccccc2Cl)c1. The molecule has 5 heteroatoms. The summed E-state index contributed by atoms with van der Waals surface area (Å²) in [5.41, 5.74) is 1.58. The molecule has 0 aliphatic rings. The Balaban J connectivity index is 2.04. The van der Waals surface area contributed by atoms with Crippen LogP contribution in [0.3, 0.4) is 0 Å². The zero-order chi connectivity index (χ0) is 17.4. The van der Waals surface area contributed by atoms with Crippen molar-refractivity contribution < 1.29 is 14.3 Å². The van der Waals surface area contributed by atoms with Crippen LogP contribution in [0.1, 0.15) is 25.8 Å². The molecule has 0 radical (unpaired) electrons. The van der Waals surface area contributed by atoms with Crippen molar-refractivity contribution in [1.82, 2.24) is 0 Å². The molecule has 0 aromatic heterocycles. The smallest absolute Gasteiger partial charge is 0.224 e. The molecule has 0 spiro atoms. The molecule has 0 unspecified atom stereocenters. The predicted octanol–water partition coefficient (Wildman–Crippen LogP) is 4.71. The van der Waals surface area contributed by atoms with Gasteiger partial charge in [0, 0.05) is 17.5 Å². The molecule has 2 rings (SSSR count). The van der Waals surface area contributed by atoms with Crippen LogP contribution in [-0.2, 0) is 11.2 Å². The normalized spacial score (nSPS) is 10.3. The Kier molecular flexibility index (Phi) is 6.94. The van der Waals surface area contributed by atoms with Crippen LogP contribution >= 0.6 is 11.6 Å². The first-order chi connectivity index (χ1) is 11.6. The number of nitrogens with one attached hydrogen (secondary N) is 1. The van der Waals surface area contributed by atoms with Gasteiger partial charge in [0.25, 0.3) is 0 Å². The van der Waals surface area contributed by atoms with E-state index >= 15 is 0 Å². The minimum absolute atomic E-state index is 0.0930. The summed E-state index contributed by atoms with van der Waals surface area (Å²) in [5, 5.41) is 3.58. The van der Waals surface area contributed by atoms with Crippen molar-refractivity contribution in [3.05, 3.63) is 53.1 Å². The van der Waals surface area contributed by atoms with Crippen LogP contribution in [0.25, 0.3) is 0 Å². The monoisotopic (exact) mass is 347 g/mol. The molecule has 2 aromatic rings. The van der Waals surface area contributed by atoms with Crippen molar-refractivity contribution in [3.8, 4) is 11.5 Å². The third-order valence-corrected chi connectivity index (χ3v) is 3.78. The van der Waals surface area contributed by atoms with Crippen molar-refractivity contribution in [3.63, 3.8) is 0 Å². The molecule has 1 amide bonds. The van der Waals surface area contributed by atoms with E-state index in [1.54, 1.807) is 12.1 Å². The summed E-state index contributed by atoms with van der Waals surface area (Å²) in [6.07, 6.45) is 0.925. The Morgan fingerprint density at radius 1 is 1.08 bits per heavy atom. The number of carbonyl (C=O) groups is 1. The van der Waals surface area contributed by atoms with Crippen molar-refractivity contribution in [2.75, 3.05) is 18.5 Å². The largest absolute Gasteiger partial charge is 0.494 e. The molecule has 0 heterocycles.